The number of phenolic OH excluding ortho intramolecular Hbond substituents is 1. The standard InChI is InChI=1S/C13H16ClN5O/c1-3-19(4-2)13-17-11(14)16-12(18-13)15-9-6-5-7-10(20)8-9/h5-8,20H,3-4H2,1-2H3,(H,15,16,17,18). The number of hydrogen-bond donors (Lipinski definition) is 2. The fourth-order valence-electron chi connectivity index (χ4n) is 1.76. The van der Waals surface area contributed by atoms with E-state index in [-0.39, 0.29) is 11.0 Å². The molecule has 0 aliphatic carbocycles. The lowest BCUT2D eigenvalue weighted by Crippen LogP contribution is -2.24. The van der Waals surface area contributed by atoms with E-state index < -0.39 is 0 Å². The molecule has 0 unspecified atom stereocenters. The van der Waals surface area contributed by atoms with Gasteiger partial charge in [-0.15, -0.1) is 0 Å². The Morgan fingerprint density at radius 3 is 2.60 bits per heavy atom. The van der Waals surface area contributed by atoms with Crippen molar-refractivity contribution < 1.29 is 5.11 Å². The molecule has 2 rings (SSSR count). The molecule has 1 aromatic heterocycles. The van der Waals surface area contributed by atoms with Crippen LogP contribution in [0.4, 0.5) is 17.6 Å². The van der Waals surface area contributed by atoms with Crippen molar-refractivity contribution >= 4 is 29.2 Å². The Balaban J connectivity index is 2.28. The second kappa shape index (κ2) is 6.38. The minimum atomic E-state index is 0.129. The van der Waals surface area contributed by atoms with Crippen LogP contribution in [0.15, 0.2) is 24.3 Å². The number of benzene rings is 1. The molecule has 2 aromatic rings. The predicted molar refractivity (Wildman–Crippen MR) is 79.8 cm³/mol. The van der Waals surface area contributed by atoms with E-state index >= 15 is 0 Å². The van der Waals surface area contributed by atoms with Crippen LogP contribution >= 0.6 is 11.6 Å². The monoisotopic (exact) mass is 293 g/mol. The number of aromatic nitrogens is 3. The number of nitrogens with one attached hydrogen (secondary N) is 1. The molecular weight excluding hydrogens is 278 g/mol. The van der Waals surface area contributed by atoms with Gasteiger partial charge < -0.3 is 15.3 Å². The number of nitrogens with zero attached hydrogens (tertiary/aromatic N) is 4. The van der Waals surface area contributed by atoms with Gasteiger partial charge in [0.1, 0.15) is 5.75 Å². The number of anilines is 3. The van der Waals surface area contributed by atoms with Crippen LogP contribution in [0, 0.1) is 0 Å². The van der Waals surface area contributed by atoms with E-state index in [1.54, 1.807) is 24.3 Å². The normalized spacial score (nSPS) is 10.3. The molecule has 0 bridgehead atoms. The van der Waals surface area contributed by atoms with Crippen LogP contribution < -0.4 is 10.2 Å². The maximum absolute atomic E-state index is 9.44. The number of rotatable bonds is 5. The first-order chi connectivity index (χ1) is 9.62. The van der Waals surface area contributed by atoms with Gasteiger partial charge in [-0.25, -0.2) is 0 Å². The highest BCUT2D eigenvalue weighted by Crippen LogP contribution is 2.20. The van der Waals surface area contributed by atoms with Crippen LogP contribution in [-0.4, -0.2) is 33.1 Å². The van der Waals surface area contributed by atoms with Gasteiger partial charge in [0.05, 0.1) is 0 Å². The van der Waals surface area contributed by atoms with Crippen molar-refractivity contribution in [3.63, 3.8) is 0 Å². The van der Waals surface area contributed by atoms with E-state index in [9.17, 15) is 5.11 Å². The third-order valence-electron chi connectivity index (χ3n) is 2.74. The van der Waals surface area contributed by atoms with Crippen molar-refractivity contribution in [3.8, 4) is 5.75 Å². The lowest BCUT2D eigenvalue weighted by molar-refractivity contribution is 0.475. The molecule has 0 amide bonds. The van der Waals surface area contributed by atoms with Gasteiger partial charge in [-0.3, -0.25) is 0 Å². The largest absolute Gasteiger partial charge is 0.508 e. The van der Waals surface area contributed by atoms with Gasteiger partial charge in [0.25, 0.3) is 0 Å². The van der Waals surface area contributed by atoms with Crippen LogP contribution in [0.3, 0.4) is 0 Å². The van der Waals surface area contributed by atoms with Crippen LogP contribution in [0.1, 0.15) is 13.8 Å². The van der Waals surface area contributed by atoms with Crippen molar-refractivity contribution in [2.24, 2.45) is 0 Å². The van der Waals surface area contributed by atoms with Gasteiger partial charge in [0, 0.05) is 24.8 Å². The summed E-state index contributed by atoms with van der Waals surface area (Å²) < 4.78 is 0. The summed E-state index contributed by atoms with van der Waals surface area (Å²) in [6.45, 7) is 5.60. The minimum absolute atomic E-state index is 0.129. The van der Waals surface area contributed by atoms with Gasteiger partial charge in [-0.1, -0.05) is 6.07 Å². The first kappa shape index (κ1) is 14.3. The highest BCUT2D eigenvalue weighted by atomic mass is 35.5. The van der Waals surface area contributed by atoms with Gasteiger partial charge in [0.2, 0.25) is 17.2 Å². The second-order valence-corrected chi connectivity index (χ2v) is 4.41. The SMILES string of the molecule is CCN(CC)c1nc(Cl)nc(Nc2cccc(O)c2)n1. The first-order valence-electron chi connectivity index (χ1n) is 6.35. The molecule has 106 valence electrons. The van der Waals surface area contributed by atoms with Crippen LogP contribution in [-0.2, 0) is 0 Å². The van der Waals surface area contributed by atoms with Crippen molar-refractivity contribution in [1.29, 1.82) is 0 Å². The van der Waals surface area contributed by atoms with Gasteiger partial charge in [0.15, 0.2) is 0 Å². The molecule has 0 saturated heterocycles. The van der Waals surface area contributed by atoms with Crippen molar-refractivity contribution in [2.45, 2.75) is 13.8 Å². The summed E-state index contributed by atoms with van der Waals surface area (Å²) in [7, 11) is 0. The molecule has 0 atom stereocenters. The lowest BCUT2D eigenvalue weighted by atomic mass is 10.3. The van der Waals surface area contributed by atoms with E-state index in [1.165, 1.54) is 0 Å². The molecule has 0 spiro atoms. The Morgan fingerprint density at radius 2 is 1.95 bits per heavy atom. The summed E-state index contributed by atoms with van der Waals surface area (Å²) in [6.07, 6.45) is 0. The smallest absolute Gasteiger partial charge is 0.233 e. The molecule has 0 aliphatic heterocycles. The zero-order valence-corrected chi connectivity index (χ0v) is 12.1. The van der Waals surface area contributed by atoms with E-state index in [0.717, 1.165) is 13.1 Å². The maximum Gasteiger partial charge on any atom is 0.233 e. The highest BCUT2D eigenvalue weighted by Gasteiger charge is 2.10. The second-order valence-electron chi connectivity index (χ2n) is 4.08. The lowest BCUT2D eigenvalue weighted by Gasteiger charge is -2.18. The third kappa shape index (κ3) is 3.48. The molecule has 6 nitrogen and oxygen atoms in total. The number of hydrogen-bond acceptors (Lipinski definition) is 6. The Morgan fingerprint density at radius 1 is 1.20 bits per heavy atom. The number of phenols is 1. The molecule has 0 radical (unpaired) electrons. The average Bonchev–Trinajstić information content (AvgIpc) is 2.39. The summed E-state index contributed by atoms with van der Waals surface area (Å²) in [4.78, 5) is 14.4. The first-order valence-corrected chi connectivity index (χ1v) is 6.72. The van der Waals surface area contributed by atoms with E-state index in [1.807, 2.05) is 18.7 Å². The highest BCUT2D eigenvalue weighted by molar-refractivity contribution is 6.28. The maximum atomic E-state index is 9.44. The summed E-state index contributed by atoms with van der Waals surface area (Å²) in [5.41, 5.74) is 0.678. The summed E-state index contributed by atoms with van der Waals surface area (Å²) >= 11 is 5.93. The minimum Gasteiger partial charge on any atom is -0.508 e. The predicted octanol–water partition coefficient (Wildman–Crippen LogP) is 2.82. The van der Waals surface area contributed by atoms with Crippen LogP contribution in [0.2, 0.25) is 5.28 Å². The Kier molecular flexibility index (Phi) is 4.57. The average molecular weight is 294 g/mol. The quantitative estimate of drug-likeness (QED) is 0.883. The molecule has 2 N–H and O–H groups in total. The summed E-state index contributed by atoms with van der Waals surface area (Å²) in [5, 5.41) is 12.6. The molecule has 0 aliphatic rings. The Labute approximate surface area is 122 Å². The van der Waals surface area contributed by atoms with Crippen molar-refractivity contribution in [2.75, 3.05) is 23.3 Å². The van der Waals surface area contributed by atoms with Gasteiger partial charge in [-0.2, -0.15) is 15.0 Å². The van der Waals surface area contributed by atoms with E-state index in [0.29, 0.717) is 17.6 Å². The van der Waals surface area contributed by atoms with Crippen LogP contribution in [0.5, 0.6) is 5.75 Å². The molecule has 0 fully saturated rings. The summed E-state index contributed by atoms with van der Waals surface area (Å²) in [6, 6.07) is 6.70. The van der Waals surface area contributed by atoms with E-state index in [4.69, 9.17) is 11.6 Å². The molecule has 0 saturated carbocycles. The van der Waals surface area contributed by atoms with Crippen molar-refractivity contribution in [3.05, 3.63) is 29.5 Å². The molecule has 1 heterocycles. The molecule has 20 heavy (non-hydrogen) atoms. The summed E-state index contributed by atoms with van der Waals surface area (Å²) in [5.74, 6) is 1.04. The fourth-order valence-corrected chi connectivity index (χ4v) is 1.91. The molecule has 1 aromatic carbocycles. The topological polar surface area (TPSA) is 74.2 Å². The van der Waals surface area contributed by atoms with E-state index in [2.05, 4.69) is 20.3 Å². The molecule has 7 heteroatoms. The van der Waals surface area contributed by atoms with Gasteiger partial charge >= 0.3 is 0 Å². The Bertz CT molecular complexity index is 589. The number of halogens is 1. The fraction of sp³-hybridized carbons (Fsp3) is 0.308. The third-order valence-corrected chi connectivity index (χ3v) is 2.91. The Hall–Kier alpha value is -2.08. The number of aromatic hydroxyl groups is 1. The van der Waals surface area contributed by atoms with Crippen LogP contribution in [0.25, 0.3) is 0 Å². The van der Waals surface area contributed by atoms with Gasteiger partial charge in [-0.05, 0) is 37.6 Å². The van der Waals surface area contributed by atoms with Crippen molar-refractivity contribution in [1.82, 2.24) is 15.0 Å². The zero-order chi connectivity index (χ0) is 14.5. The molecular formula is C13H16ClN5O. The zero-order valence-electron chi connectivity index (χ0n) is 11.3.